The molecule has 1 atom stereocenters. The number of benzene rings is 1. The Labute approximate surface area is 234 Å². The Kier molecular flexibility index (Phi) is 6.16. The Balaban J connectivity index is 1.68. The number of aromatic nitrogens is 4. The summed E-state index contributed by atoms with van der Waals surface area (Å²) in [7, 11) is 1.36. The van der Waals surface area contributed by atoms with Gasteiger partial charge < -0.3 is 25.8 Å². The van der Waals surface area contributed by atoms with Crippen LogP contribution in [0.3, 0.4) is 0 Å². The minimum Gasteiger partial charge on any atom is -0.489 e. The molecule has 4 aromatic heterocycles. The summed E-state index contributed by atoms with van der Waals surface area (Å²) in [6, 6.07) is 5.12. The number of nitrogens with zero attached hydrogens (tertiary/aromatic N) is 6. The predicted octanol–water partition coefficient (Wildman–Crippen LogP) is 5.24. The van der Waals surface area contributed by atoms with Crippen molar-refractivity contribution in [3.8, 4) is 29.1 Å². The quantitative estimate of drug-likeness (QED) is 0.289. The molecule has 1 aliphatic heterocycles. The van der Waals surface area contributed by atoms with Crippen molar-refractivity contribution in [2.24, 2.45) is 0 Å². The molecule has 0 aliphatic carbocycles. The molecule has 0 radical (unpaired) electrons. The van der Waals surface area contributed by atoms with Gasteiger partial charge in [-0.25, -0.2) is 13.8 Å². The normalized spacial score (nSPS) is 13.7. The standard InChI is InChI=1S/C26H19ClF2N8O2S/c1-10(11-4-3-5-33-23(11)31)37-6-7-39-21-16-20(35-26(38-2)36-25(16)37)18(29)15(17(21)27)19-14-12(8-30)24(32)40-22(14)13(28)9-34-19/h3-5,9-10H,6-7,32H2,1-2H3,(H2,31,33). The number of hydrogen-bond acceptors (Lipinski definition) is 11. The number of pyridine rings is 2. The zero-order chi connectivity index (χ0) is 28.3. The van der Waals surface area contributed by atoms with Gasteiger partial charge in [0.25, 0.3) is 0 Å². The molecule has 4 N–H and O–H groups in total. The fourth-order valence-electron chi connectivity index (χ4n) is 4.95. The summed E-state index contributed by atoms with van der Waals surface area (Å²) in [5.41, 5.74) is 12.4. The minimum atomic E-state index is -0.876. The summed E-state index contributed by atoms with van der Waals surface area (Å²) >= 11 is 7.71. The molecule has 202 valence electrons. The van der Waals surface area contributed by atoms with E-state index in [2.05, 4.69) is 19.9 Å². The zero-order valence-electron chi connectivity index (χ0n) is 21.0. The highest BCUT2D eigenvalue weighted by Gasteiger charge is 2.34. The van der Waals surface area contributed by atoms with Gasteiger partial charge in [0, 0.05) is 17.1 Å². The van der Waals surface area contributed by atoms with Gasteiger partial charge in [0.05, 0.1) is 57.8 Å². The third kappa shape index (κ3) is 3.71. The molecule has 0 amide bonds. The van der Waals surface area contributed by atoms with Crippen LogP contribution in [0.1, 0.15) is 24.1 Å². The average Bonchev–Trinajstić information content (AvgIpc) is 3.17. The Morgan fingerprint density at radius 2 is 2.05 bits per heavy atom. The van der Waals surface area contributed by atoms with Crippen LogP contribution in [0.25, 0.3) is 32.2 Å². The molecule has 1 aliphatic rings. The second-order valence-electron chi connectivity index (χ2n) is 8.90. The van der Waals surface area contributed by atoms with Gasteiger partial charge >= 0.3 is 6.01 Å². The molecule has 6 rings (SSSR count). The van der Waals surface area contributed by atoms with Gasteiger partial charge in [-0.3, -0.25) is 4.98 Å². The summed E-state index contributed by atoms with van der Waals surface area (Å²) in [4.78, 5) is 19.0. The number of halogens is 3. The van der Waals surface area contributed by atoms with Gasteiger partial charge in [0.1, 0.15) is 34.8 Å². The van der Waals surface area contributed by atoms with Crippen LogP contribution in [0, 0.1) is 23.0 Å². The van der Waals surface area contributed by atoms with Gasteiger partial charge in [0.15, 0.2) is 17.4 Å². The van der Waals surface area contributed by atoms with Crippen LogP contribution in [0.2, 0.25) is 5.02 Å². The number of hydrogen-bond donors (Lipinski definition) is 2. The molecular formula is C26H19ClF2N8O2S. The third-order valence-electron chi connectivity index (χ3n) is 6.81. The van der Waals surface area contributed by atoms with E-state index in [9.17, 15) is 9.65 Å². The Morgan fingerprint density at radius 1 is 1.25 bits per heavy atom. The monoisotopic (exact) mass is 580 g/mol. The van der Waals surface area contributed by atoms with E-state index in [0.29, 0.717) is 18.2 Å². The SMILES string of the molecule is COc1nc2c3c(c(Cl)c(-c4ncc(F)c5sc(N)c(C#N)c45)c(F)c3n1)OCCN2C(C)c1cccnc1N. The van der Waals surface area contributed by atoms with E-state index in [0.717, 1.165) is 23.1 Å². The molecule has 5 heterocycles. The van der Waals surface area contributed by atoms with Gasteiger partial charge in [0.2, 0.25) is 0 Å². The maximum Gasteiger partial charge on any atom is 0.318 e. The number of methoxy groups -OCH3 is 1. The van der Waals surface area contributed by atoms with Crippen LogP contribution in [0.5, 0.6) is 11.8 Å². The van der Waals surface area contributed by atoms with Crippen molar-refractivity contribution in [2.45, 2.75) is 13.0 Å². The molecule has 10 nitrogen and oxygen atoms in total. The number of nitriles is 1. The van der Waals surface area contributed by atoms with Crippen molar-refractivity contribution in [2.75, 3.05) is 36.6 Å². The number of thiophene rings is 1. The van der Waals surface area contributed by atoms with Gasteiger partial charge in [-0.1, -0.05) is 17.7 Å². The van der Waals surface area contributed by atoms with E-state index in [-0.39, 0.29) is 72.2 Å². The summed E-state index contributed by atoms with van der Waals surface area (Å²) in [5.74, 6) is -0.812. The molecular weight excluding hydrogens is 562 g/mol. The molecule has 1 aromatic carbocycles. The Bertz CT molecular complexity index is 1890. The number of anilines is 3. The fourth-order valence-corrected chi connectivity index (χ4v) is 6.19. The largest absolute Gasteiger partial charge is 0.489 e. The first-order valence-corrected chi connectivity index (χ1v) is 13.1. The Hall–Kier alpha value is -4.54. The van der Waals surface area contributed by atoms with Crippen LogP contribution in [0.15, 0.2) is 24.5 Å². The lowest BCUT2D eigenvalue weighted by molar-refractivity contribution is 0.328. The molecule has 5 aromatic rings. The van der Waals surface area contributed by atoms with Crippen LogP contribution < -0.4 is 25.8 Å². The fraction of sp³-hybridized carbons (Fsp3) is 0.192. The van der Waals surface area contributed by atoms with E-state index in [1.807, 2.05) is 24.0 Å². The zero-order valence-corrected chi connectivity index (χ0v) is 22.6. The van der Waals surface area contributed by atoms with Crippen molar-refractivity contribution in [3.05, 3.63) is 52.3 Å². The minimum absolute atomic E-state index is 0.0284. The highest BCUT2D eigenvalue weighted by molar-refractivity contribution is 7.23. The maximum absolute atomic E-state index is 16.6. The first kappa shape index (κ1) is 25.7. The molecule has 0 saturated heterocycles. The molecule has 0 spiro atoms. The van der Waals surface area contributed by atoms with Gasteiger partial charge in [-0.05, 0) is 13.0 Å². The van der Waals surface area contributed by atoms with Crippen molar-refractivity contribution in [3.63, 3.8) is 0 Å². The van der Waals surface area contributed by atoms with Crippen molar-refractivity contribution >= 4 is 60.6 Å². The lowest BCUT2D eigenvalue weighted by atomic mass is 10.0. The maximum atomic E-state index is 16.6. The summed E-state index contributed by atoms with van der Waals surface area (Å²) in [6.07, 6.45) is 2.52. The van der Waals surface area contributed by atoms with Crippen molar-refractivity contribution in [1.29, 1.82) is 5.26 Å². The first-order valence-electron chi connectivity index (χ1n) is 11.9. The van der Waals surface area contributed by atoms with E-state index in [1.54, 1.807) is 12.3 Å². The highest BCUT2D eigenvalue weighted by atomic mass is 35.5. The number of nitrogens with two attached hydrogens (primary N) is 2. The lowest BCUT2D eigenvalue weighted by Crippen LogP contribution is -2.31. The average molecular weight is 581 g/mol. The molecule has 14 heteroatoms. The number of fused-ring (bicyclic) bond motifs is 1. The molecule has 0 saturated carbocycles. The Morgan fingerprint density at radius 3 is 2.77 bits per heavy atom. The summed E-state index contributed by atoms with van der Waals surface area (Å²) in [6.45, 7) is 2.38. The number of rotatable bonds is 4. The van der Waals surface area contributed by atoms with Gasteiger partial charge in [-0.15, -0.1) is 11.3 Å². The van der Waals surface area contributed by atoms with Crippen LogP contribution >= 0.6 is 22.9 Å². The highest BCUT2D eigenvalue weighted by Crippen LogP contribution is 2.50. The lowest BCUT2D eigenvalue weighted by Gasteiger charge is -2.30. The van der Waals surface area contributed by atoms with E-state index in [4.69, 9.17) is 32.5 Å². The van der Waals surface area contributed by atoms with E-state index in [1.165, 1.54) is 7.11 Å². The smallest absolute Gasteiger partial charge is 0.318 e. The van der Waals surface area contributed by atoms with Crippen molar-refractivity contribution in [1.82, 2.24) is 19.9 Å². The summed E-state index contributed by atoms with van der Waals surface area (Å²) in [5, 5.41) is 9.94. The first-order chi connectivity index (χ1) is 19.3. The van der Waals surface area contributed by atoms with Crippen LogP contribution in [-0.4, -0.2) is 40.2 Å². The van der Waals surface area contributed by atoms with Crippen molar-refractivity contribution < 1.29 is 18.3 Å². The summed E-state index contributed by atoms with van der Waals surface area (Å²) < 4.78 is 42.8. The van der Waals surface area contributed by atoms with Crippen LogP contribution in [0.4, 0.5) is 25.4 Å². The molecule has 40 heavy (non-hydrogen) atoms. The third-order valence-corrected chi connectivity index (χ3v) is 8.20. The number of nitrogen functional groups attached to an aromatic ring is 2. The van der Waals surface area contributed by atoms with E-state index >= 15 is 4.39 Å². The molecule has 1 unspecified atom stereocenters. The van der Waals surface area contributed by atoms with Gasteiger partial charge in [-0.2, -0.15) is 15.2 Å². The molecule has 0 bridgehead atoms. The second-order valence-corrected chi connectivity index (χ2v) is 10.3. The predicted molar refractivity (Wildman–Crippen MR) is 149 cm³/mol. The second kappa shape index (κ2) is 9.58. The van der Waals surface area contributed by atoms with E-state index < -0.39 is 11.6 Å². The molecule has 0 fully saturated rings. The number of ether oxygens (including phenoxy) is 2. The van der Waals surface area contributed by atoms with Crippen LogP contribution in [-0.2, 0) is 0 Å². The topological polar surface area (TPSA) is 149 Å².